The molecule has 12 heteroatoms. The Balaban J connectivity index is 0.958. The summed E-state index contributed by atoms with van der Waals surface area (Å²) >= 11 is 0. The lowest BCUT2D eigenvalue weighted by molar-refractivity contribution is -0.344. The first kappa shape index (κ1) is 34.3. The van der Waals surface area contributed by atoms with Crippen LogP contribution in [0.1, 0.15) is 85.0 Å². The van der Waals surface area contributed by atoms with E-state index < -0.39 is 67.5 Å². The van der Waals surface area contributed by atoms with Crippen molar-refractivity contribution in [3.05, 3.63) is 11.6 Å². The minimum absolute atomic E-state index is 0.0171. The van der Waals surface area contributed by atoms with Crippen molar-refractivity contribution >= 4 is 5.97 Å². The van der Waals surface area contributed by atoms with Crippen LogP contribution in [0.3, 0.4) is 0 Å². The van der Waals surface area contributed by atoms with Gasteiger partial charge in [0.25, 0.3) is 0 Å². The van der Waals surface area contributed by atoms with Crippen LogP contribution in [0.4, 0.5) is 0 Å². The van der Waals surface area contributed by atoms with Crippen molar-refractivity contribution in [2.24, 2.45) is 34.5 Å². The molecule has 3 heterocycles. The highest BCUT2D eigenvalue weighted by Crippen LogP contribution is 2.70. The van der Waals surface area contributed by atoms with Crippen molar-refractivity contribution in [1.29, 1.82) is 0 Å². The third-order valence-corrected chi connectivity index (χ3v) is 14.1. The molecule has 7 rings (SSSR count). The van der Waals surface area contributed by atoms with Crippen molar-refractivity contribution in [3.63, 3.8) is 0 Å². The number of aliphatic hydroxyl groups is 6. The second-order valence-corrected chi connectivity index (χ2v) is 16.2. The van der Waals surface area contributed by atoms with Crippen LogP contribution in [0.15, 0.2) is 11.6 Å². The van der Waals surface area contributed by atoms with Crippen LogP contribution in [0, 0.1) is 34.5 Å². The van der Waals surface area contributed by atoms with E-state index in [9.17, 15) is 35.4 Å². The molecule has 0 amide bonds. The van der Waals surface area contributed by atoms with Crippen LogP contribution < -0.4 is 0 Å². The van der Waals surface area contributed by atoms with Gasteiger partial charge in [-0.05, 0) is 99.4 Å². The van der Waals surface area contributed by atoms with Crippen molar-refractivity contribution in [3.8, 4) is 0 Å². The lowest BCUT2D eigenvalue weighted by Crippen LogP contribution is -2.62. The van der Waals surface area contributed by atoms with Gasteiger partial charge in [0.15, 0.2) is 12.6 Å². The third-order valence-electron chi connectivity index (χ3n) is 14.1. The third kappa shape index (κ3) is 5.53. The van der Waals surface area contributed by atoms with Crippen molar-refractivity contribution in [2.75, 3.05) is 13.2 Å². The van der Waals surface area contributed by atoms with Crippen LogP contribution in [0.2, 0.25) is 0 Å². The molecule has 3 aliphatic heterocycles. The Labute approximate surface area is 276 Å². The molecule has 17 atom stereocenters. The van der Waals surface area contributed by atoms with E-state index in [1.165, 1.54) is 0 Å². The van der Waals surface area contributed by atoms with E-state index in [0.717, 1.165) is 63.4 Å². The molecule has 4 aliphatic carbocycles. The van der Waals surface area contributed by atoms with Crippen LogP contribution in [-0.2, 0) is 28.5 Å². The maximum absolute atomic E-state index is 12.5. The average molecular weight is 667 g/mol. The summed E-state index contributed by atoms with van der Waals surface area (Å²) in [5, 5.41) is 63.6. The highest BCUT2D eigenvalue weighted by molar-refractivity contribution is 5.85. The van der Waals surface area contributed by atoms with Gasteiger partial charge in [0, 0.05) is 17.9 Å². The molecule has 3 unspecified atom stereocenters. The average Bonchev–Trinajstić information content (AvgIpc) is 3.58. The largest absolute Gasteiger partial charge is 0.458 e. The zero-order valence-electron chi connectivity index (χ0n) is 27.8. The molecule has 0 spiro atoms. The van der Waals surface area contributed by atoms with Crippen LogP contribution >= 0.6 is 0 Å². The summed E-state index contributed by atoms with van der Waals surface area (Å²) in [6.07, 6.45) is 0.0861. The van der Waals surface area contributed by atoms with Gasteiger partial charge < -0.3 is 54.3 Å². The first-order chi connectivity index (χ1) is 22.3. The summed E-state index contributed by atoms with van der Waals surface area (Å²) in [7, 11) is 0. The molecule has 47 heavy (non-hydrogen) atoms. The van der Waals surface area contributed by atoms with E-state index >= 15 is 0 Å². The summed E-state index contributed by atoms with van der Waals surface area (Å²) in [5.41, 5.74) is 0.164. The van der Waals surface area contributed by atoms with Gasteiger partial charge in [0.05, 0.1) is 30.5 Å². The lowest BCUT2D eigenvalue weighted by Gasteiger charge is -2.64. The van der Waals surface area contributed by atoms with Crippen LogP contribution in [-0.4, -0.2) is 117 Å². The van der Waals surface area contributed by atoms with Gasteiger partial charge in [-0.15, -0.1) is 0 Å². The number of rotatable bonds is 6. The van der Waals surface area contributed by atoms with Gasteiger partial charge in [-0.3, -0.25) is 0 Å². The first-order valence-electron chi connectivity index (χ1n) is 17.8. The SMILES string of the molecule is C[C@H]1O[C@@H](O[C@H]2CC[C@]3(C)C4CC[C@]5(C)[C@@H](C6=CC(=O)OC6)CC[C@]5(O)C4CC[C@@H]3C2)CC(O)[C@@H]1O[C@@H]1O[C@H](CO)[C@@H](O)[C@H](O)[C@H]1O. The monoisotopic (exact) mass is 666 g/mol. The summed E-state index contributed by atoms with van der Waals surface area (Å²) in [6, 6.07) is 0. The van der Waals surface area contributed by atoms with E-state index in [4.69, 9.17) is 23.7 Å². The topological polar surface area (TPSA) is 185 Å². The summed E-state index contributed by atoms with van der Waals surface area (Å²) in [5.74, 6) is 1.06. The molecule has 0 aromatic carbocycles. The van der Waals surface area contributed by atoms with Crippen molar-refractivity contribution < 1.29 is 59.1 Å². The Bertz CT molecular complexity index is 1200. The minimum Gasteiger partial charge on any atom is -0.458 e. The molecule has 6 fully saturated rings. The van der Waals surface area contributed by atoms with Gasteiger partial charge in [-0.1, -0.05) is 13.8 Å². The molecule has 266 valence electrons. The first-order valence-corrected chi connectivity index (χ1v) is 17.8. The Morgan fingerprint density at radius 2 is 1.68 bits per heavy atom. The molecule has 0 aromatic heterocycles. The van der Waals surface area contributed by atoms with Crippen molar-refractivity contribution in [1.82, 2.24) is 0 Å². The standard InChI is InChI=1S/C35H54O12/c1-17-31(47-32-30(41)29(40)28(39)25(15-36)46-32)24(37)14-27(44-17)45-20-6-9-33(2)19(13-20)4-5-23-22(33)7-10-34(3)21(8-11-35(23,34)42)18-12-26(38)43-16-18/h12,17,19-25,27-32,36-37,39-42H,4-11,13-16H2,1-3H3/t17-,19-,20+,21-,22?,23?,24?,25-,27+,28-,29+,30-,31-,32+,33+,34-,35+/m1/s1. The number of cyclic esters (lactones) is 1. The molecule has 12 nitrogen and oxygen atoms in total. The Morgan fingerprint density at radius 1 is 0.894 bits per heavy atom. The number of ether oxygens (including phenoxy) is 5. The molecule has 6 N–H and O–H groups in total. The molecule has 0 bridgehead atoms. The number of carbonyl (C=O) groups excluding carboxylic acids is 1. The Kier molecular flexibility index (Phi) is 9.14. The molecule has 4 saturated carbocycles. The van der Waals surface area contributed by atoms with Crippen LogP contribution in [0.5, 0.6) is 0 Å². The molecular weight excluding hydrogens is 612 g/mol. The Morgan fingerprint density at radius 3 is 2.38 bits per heavy atom. The number of hydrogen-bond donors (Lipinski definition) is 6. The predicted octanol–water partition coefficient (Wildman–Crippen LogP) is 1.31. The smallest absolute Gasteiger partial charge is 0.331 e. The molecule has 0 radical (unpaired) electrons. The maximum atomic E-state index is 12.5. The normalized spacial score (nSPS) is 54.7. The predicted molar refractivity (Wildman–Crippen MR) is 164 cm³/mol. The fourth-order valence-electron chi connectivity index (χ4n) is 11.3. The Hall–Kier alpha value is -1.19. The van der Waals surface area contributed by atoms with E-state index in [1.807, 2.05) is 0 Å². The van der Waals surface area contributed by atoms with Gasteiger partial charge in [0.1, 0.15) is 37.1 Å². The van der Waals surface area contributed by atoms with E-state index in [-0.39, 0.29) is 41.2 Å². The number of hydrogen-bond acceptors (Lipinski definition) is 12. The van der Waals surface area contributed by atoms with Crippen molar-refractivity contribution in [2.45, 2.75) is 152 Å². The molecule has 2 saturated heterocycles. The summed E-state index contributed by atoms with van der Waals surface area (Å²) in [6.45, 7) is 6.22. The van der Waals surface area contributed by atoms with E-state index in [0.29, 0.717) is 18.4 Å². The lowest BCUT2D eigenvalue weighted by atomic mass is 9.43. The fraction of sp³-hybridized carbons (Fsp3) is 0.914. The second kappa shape index (κ2) is 12.5. The molecule has 0 aromatic rings. The van der Waals surface area contributed by atoms with E-state index in [1.54, 1.807) is 13.0 Å². The molecular formula is C35H54O12. The summed E-state index contributed by atoms with van der Waals surface area (Å²) < 4.78 is 29.2. The quantitative estimate of drug-likeness (QED) is 0.177. The zero-order chi connectivity index (χ0) is 33.5. The fourth-order valence-corrected chi connectivity index (χ4v) is 11.3. The van der Waals surface area contributed by atoms with Crippen LogP contribution in [0.25, 0.3) is 0 Å². The number of fused-ring (bicyclic) bond motifs is 5. The minimum atomic E-state index is -1.57. The number of esters is 1. The number of aliphatic hydroxyl groups excluding tert-OH is 5. The number of carbonyl (C=O) groups is 1. The van der Waals surface area contributed by atoms with Gasteiger partial charge in [-0.25, -0.2) is 4.79 Å². The zero-order valence-corrected chi connectivity index (χ0v) is 27.8. The van der Waals surface area contributed by atoms with Gasteiger partial charge >= 0.3 is 5.97 Å². The summed E-state index contributed by atoms with van der Waals surface area (Å²) in [4.78, 5) is 11.9. The highest BCUT2D eigenvalue weighted by atomic mass is 16.7. The molecule has 7 aliphatic rings. The second-order valence-electron chi connectivity index (χ2n) is 16.2. The highest BCUT2D eigenvalue weighted by Gasteiger charge is 2.67. The van der Waals surface area contributed by atoms with Gasteiger partial charge in [0.2, 0.25) is 0 Å². The maximum Gasteiger partial charge on any atom is 0.331 e. The van der Waals surface area contributed by atoms with Gasteiger partial charge in [-0.2, -0.15) is 0 Å². The van der Waals surface area contributed by atoms with E-state index in [2.05, 4.69) is 13.8 Å².